The maximum absolute atomic E-state index is 4.26. The molecule has 1 aromatic heterocycles. The molecule has 0 aliphatic rings. The van der Waals surface area contributed by atoms with Crippen LogP contribution in [0.1, 0.15) is 20.3 Å². The van der Waals surface area contributed by atoms with Gasteiger partial charge in [0.1, 0.15) is 0 Å². The van der Waals surface area contributed by atoms with Crippen LogP contribution in [0.5, 0.6) is 0 Å². The number of hydrogen-bond acceptors (Lipinski definition) is 3. The van der Waals surface area contributed by atoms with Gasteiger partial charge in [-0.3, -0.25) is 9.67 Å². The number of hydrogen-bond donors (Lipinski definition) is 2. The Balaban J connectivity index is 2.22. The Morgan fingerprint density at radius 1 is 1.33 bits per heavy atom. The van der Waals surface area contributed by atoms with Crippen molar-refractivity contribution < 1.29 is 0 Å². The van der Waals surface area contributed by atoms with Crippen molar-refractivity contribution in [3.05, 3.63) is 18.5 Å². The monoisotopic (exact) mass is 294 g/mol. The second-order valence-electron chi connectivity index (χ2n) is 6.38. The van der Waals surface area contributed by atoms with Crippen LogP contribution in [0.15, 0.2) is 23.5 Å². The van der Waals surface area contributed by atoms with Crippen molar-refractivity contribution in [2.45, 2.75) is 26.8 Å². The molecule has 1 aromatic rings. The standard InChI is InChI=1S/C15H30N6/c1-15(2,13-20(4)5)12-18-14(16-3)17-8-6-10-21-11-7-9-19-21/h7,9,11H,6,8,10,12-13H2,1-5H3,(H2,16,17,18). The first kappa shape index (κ1) is 17.5. The van der Waals surface area contributed by atoms with Crippen molar-refractivity contribution >= 4 is 5.96 Å². The SMILES string of the molecule is CN=C(NCCCn1cccn1)NCC(C)(C)CN(C)C. The summed E-state index contributed by atoms with van der Waals surface area (Å²) >= 11 is 0. The van der Waals surface area contributed by atoms with E-state index in [2.05, 4.69) is 53.6 Å². The van der Waals surface area contributed by atoms with Crippen LogP contribution >= 0.6 is 0 Å². The molecule has 0 radical (unpaired) electrons. The fraction of sp³-hybridized carbons (Fsp3) is 0.733. The highest BCUT2D eigenvalue weighted by Gasteiger charge is 2.19. The van der Waals surface area contributed by atoms with Gasteiger partial charge in [-0.15, -0.1) is 0 Å². The minimum Gasteiger partial charge on any atom is -0.356 e. The van der Waals surface area contributed by atoms with Gasteiger partial charge in [-0.05, 0) is 32.0 Å². The second kappa shape index (κ2) is 8.67. The van der Waals surface area contributed by atoms with Crippen molar-refractivity contribution in [1.82, 2.24) is 25.3 Å². The number of nitrogens with one attached hydrogen (secondary N) is 2. The van der Waals surface area contributed by atoms with Crippen molar-refractivity contribution in [3.8, 4) is 0 Å². The van der Waals surface area contributed by atoms with E-state index < -0.39 is 0 Å². The number of nitrogens with zero attached hydrogens (tertiary/aromatic N) is 4. The number of rotatable bonds is 8. The van der Waals surface area contributed by atoms with Crippen LogP contribution in [0, 0.1) is 5.41 Å². The maximum Gasteiger partial charge on any atom is 0.190 e. The molecular formula is C15H30N6. The molecule has 6 heteroatoms. The lowest BCUT2D eigenvalue weighted by Crippen LogP contribution is -2.45. The molecule has 0 aliphatic carbocycles. The minimum absolute atomic E-state index is 0.205. The molecule has 1 heterocycles. The van der Waals surface area contributed by atoms with E-state index >= 15 is 0 Å². The summed E-state index contributed by atoms with van der Waals surface area (Å²) in [6, 6.07) is 1.95. The van der Waals surface area contributed by atoms with Gasteiger partial charge in [0.25, 0.3) is 0 Å². The van der Waals surface area contributed by atoms with Gasteiger partial charge in [-0.25, -0.2) is 0 Å². The summed E-state index contributed by atoms with van der Waals surface area (Å²) in [6.07, 6.45) is 4.81. The van der Waals surface area contributed by atoms with E-state index in [0.717, 1.165) is 38.6 Å². The first-order valence-electron chi connectivity index (χ1n) is 7.49. The first-order chi connectivity index (χ1) is 9.93. The molecule has 1 rings (SSSR count). The van der Waals surface area contributed by atoms with Gasteiger partial charge < -0.3 is 15.5 Å². The molecule has 0 aliphatic heterocycles. The van der Waals surface area contributed by atoms with Gasteiger partial charge >= 0.3 is 0 Å². The maximum atomic E-state index is 4.26. The van der Waals surface area contributed by atoms with Gasteiger partial charge in [0, 0.05) is 45.6 Å². The summed E-state index contributed by atoms with van der Waals surface area (Å²) in [5, 5.41) is 10.9. The third-order valence-corrected chi connectivity index (χ3v) is 3.12. The van der Waals surface area contributed by atoms with Crippen LogP contribution in [0.3, 0.4) is 0 Å². The Bertz CT molecular complexity index is 408. The van der Waals surface area contributed by atoms with Crippen LogP contribution in [-0.4, -0.2) is 61.4 Å². The molecule has 0 amide bonds. The van der Waals surface area contributed by atoms with E-state index in [1.165, 1.54) is 0 Å². The Morgan fingerprint density at radius 3 is 2.67 bits per heavy atom. The molecule has 0 bridgehead atoms. The second-order valence-corrected chi connectivity index (χ2v) is 6.38. The van der Waals surface area contributed by atoms with Crippen molar-refractivity contribution in [1.29, 1.82) is 0 Å². The van der Waals surface area contributed by atoms with Crippen LogP contribution < -0.4 is 10.6 Å². The fourth-order valence-electron chi connectivity index (χ4n) is 2.34. The average Bonchev–Trinajstić information content (AvgIpc) is 2.89. The minimum atomic E-state index is 0.205. The van der Waals surface area contributed by atoms with E-state index in [0.29, 0.717) is 0 Å². The number of aliphatic imine (C=N–C) groups is 1. The highest BCUT2D eigenvalue weighted by atomic mass is 15.3. The third-order valence-electron chi connectivity index (χ3n) is 3.12. The number of aryl methyl sites for hydroxylation is 1. The molecule has 0 aromatic carbocycles. The highest BCUT2D eigenvalue weighted by Crippen LogP contribution is 2.13. The number of guanidine groups is 1. The predicted octanol–water partition coefficient (Wildman–Crippen LogP) is 1.03. The lowest BCUT2D eigenvalue weighted by atomic mass is 9.93. The third kappa shape index (κ3) is 7.70. The lowest BCUT2D eigenvalue weighted by molar-refractivity contribution is 0.241. The van der Waals surface area contributed by atoms with Crippen molar-refractivity contribution in [2.24, 2.45) is 10.4 Å². The molecule has 0 saturated heterocycles. The summed E-state index contributed by atoms with van der Waals surface area (Å²) < 4.78 is 1.94. The smallest absolute Gasteiger partial charge is 0.190 e. The van der Waals surface area contributed by atoms with E-state index in [9.17, 15) is 0 Å². The first-order valence-corrected chi connectivity index (χ1v) is 7.49. The fourth-order valence-corrected chi connectivity index (χ4v) is 2.34. The summed E-state index contributed by atoms with van der Waals surface area (Å²) in [6.45, 7) is 8.24. The Hall–Kier alpha value is -1.56. The largest absolute Gasteiger partial charge is 0.356 e. The zero-order valence-corrected chi connectivity index (χ0v) is 14.1. The molecule has 0 saturated carbocycles. The Morgan fingerprint density at radius 2 is 2.10 bits per heavy atom. The number of aromatic nitrogens is 2. The van der Waals surface area contributed by atoms with Gasteiger partial charge in [-0.1, -0.05) is 13.8 Å². The molecule has 2 N–H and O–H groups in total. The Labute approximate surface area is 128 Å². The molecule has 0 fully saturated rings. The average molecular weight is 294 g/mol. The zero-order chi connectivity index (χ0) is 15.7. The van der Waals surface area contributed by atoms with Crippen molar-refractivity contribution in [2.75, 3.05) is 40.8 Å². The molecule has 0 atom stereocenters. The summed E-state index contributed by atoms with van der Waals surface area (Å²) in [4.78, 5) is 6.47. The van der Waals surface area contributed by atoms with Gasteiger partial charge in [0.05, 0.1) is 0 Å². The van der Waals surface area contributed by atoms with Crippen LogP contribution in [0.4, 0.5) is 0 Å². The van der Waals surface area contributed by atoms with Crippen molar-refractivity contribution in [3.63, 3.8) is 0 Å². The summed E-state index contributed by atoms with van der Waals surface area (Å²) in [7, 11) is 6.01. The Kier molecular flexibility index (Phi) is 7.22. The highest BCUT2D eigenvalue weighted by molar-refractivity contribution is 5.79. The molecule has 0 unspecified atom stereocenters. The van der Waals surface area contributed by atoms with E-state index in [1.807, 2.05) is 24.0 Å². The van der Waals surface area contributed by atoms with Gasteiger partial charge in [0.15, 0.2) is 5.96 Å². The topological polar surface area (TPSA) is 57.5 Å². The van der Waals surface area contributed by atoms with E-state index in [1.54, 1.807) is 6.20 Å². The summed E-state index contributed by atoms with van der Waals surface area (Å²) in [5.41, 5.74) is 0.205. The van der Waals surface area contributed by atoms with E-state index in [4.69, 9.17) is 0 Å². The quantitative estimate of drug-likeness (QED) is 0.427. The lowest BCUT2D eigenvalue weighted by Gasteiger charge is -2.29. The van der Waals surface area contributed by atoms with Crippen LogP contribution in [0.25, 0.3) is 0 Å². The molecule has 120 valence electrons. The van der Waals surface area contributed by atoms with Crippen LogP contribution in [0.2, 0.25) is 0 Å². The van der Waals surface area contributed by atoms with Gasteiger partial charge in [0.2, 0.25) is 0 Å². The molecule has 6 nitrogen and oxygen atoms in total. The zero-order valence-electron chi connectivity index (χ0n) is 14.1. The van der Waals surface area contributed by atoms with Gasteiger partial charge in [-0.2, -0.15) is 5.10 Å². The molecular weight excluding hydrogens is 264 g/mol. The van der Waals surface area contributed by atoms with E-state index in [-0.39, 0.29) is 5.41 Å². The normalized spacial score (nSPS) is 12.8. The summed E-state index contributed by atoms with van der Waals surface area (Å²) in [5.74, 6) is 0.863. The molecule has 21 heavy (non-hydrogen) atoms. The van der Waals surface area contributed by atoms with Crippen LogP contribution in [-0.2, 0) is 6.54 Å². The molecule has 0 spiro atoms. The predicted molar refractivity (Wildman–Crippen MR) is 88.5 cm³/mol.